The lowest BCUT2D eigenvalue weighted by Crippen LogP contribution is -2.27. The Balaban J connectivity index is 1.76. The largest absolute Gasteiger partial charge is 0.447 e. The molecular formula is C21H18ClN3O6S. The summed E-state index contributed by atoms with van der Waals surface area (Å²) in [6.45, 7) is 1.89. The maximum atomic E-state index is 12.9. The van der Waals surface area contributed by atoms with Crippen molar-refractivity contribution in [2.45, 2.75) is 26.0 Å². The van der Waals surface area contributed by atoms with Crippen molar-refractivity contribution in [1.82, 2.24) is 4.57 Å². The zero-order valence-corrected chi connectivity index (χ0v) is 18.4. The second kappa shape index (κ2) is 10.2. The molecule has 1 atom stereocenters. The van der Waals surface area contributed by atoms with Crippen LogP contribution in [0.1, 0.15) is 23.8 Å². The fourth-order valence-electron chi connectivity index (χ4n) is 2.89. The van der Waals surface area contributed by atoms with Gasteiger partial charge in [0.15, 0.2) is 0 Å². The molecule has 0 aliphatic heterocycles. The highest BCUT2D eigenvalue weighted by Crippen LogP contribution is 2.28. The lowest BCUT2D eigenvalue weighted by Gasteiger charge is -2.18. The van der Waals surface area contributed by atoms with Crippen LogP contribution in [0.5, 0.6) is 0 Å². The number of rotatable bonds is 8. The quantitative estimate of drug-likeness (QED) is 0.297. The third kappa shape index (κ3) is 5.59. The van der Waals surface area contributed by atoms with E-state index in [0.717, 1.165) is 23.1 Å². The van der Waals surface area contributed by atoms with Crippen LogP contribution in [0, 0.1) is 17.0 Å². The number of amides is 1. The van der Waals surface area contributed by atoms with Crippen molar-refractivity contribution in [2.24, 2.45) is 0 Å². The molecule has 1 heterocycles. The second-order valence-electron chi connectivity index (χ2n) is 6.74. The SMILES string of the molecule is Cc1csc(=O)n1CCC(=O)OC(C(=O)Nc1ccc([N+](=O)[O-])cc1Cl)c1ccccc1. The van der Waals surface area contributed by atoms with E-state index in [-0.39, 0.29) is 34.2 Å². The van der Waals surface area contributed by atoms with Gasteiger partial charge in [0.1, 0.15) is 0 Å². The number of carbonyl (C=O) groups excluding carboxylic acids is 2. The molecule has 0 spiro atoms. The van der Waals surface area contributed by atoms with Crippen LogP contribution in [0.25, 0.3) is 0 Å². The number of nitro groups is 1. The number of non-ortho nitro benzene ring substituents is 1. The molecule has 1 unspecified atom stereocenters. The van der Waals surface area contributed by atoms with Crippen LogP contribution < -0.4 is 10.2 Å². The molecule has 1 amide bonds. The van der Waals surface area contributed by atoms with Crippen molar-refractivity contribution < 1.29 is 19.2 Å². The van der Waals surface area contributed by atoms with Gasteiger partial charge in [-0.05, 0) is 13.0 Å². The number of hydrogen-bond acceptors (Lipinski definition) is 7. The monoisotopic (exact) mass is 475 g/mol. The van der Waals surface area contributed by atoms with Crippen molar-refractivity contribution in [3.05, 3.63) is 90.0 Å². The van der Waals surface area contributed by atoms with E-state index in [4.69, 9.17) is 16.3 Å². The number of nitrogens with zero attached hydrogens (tertiary/aromatic N) is 2. The molecule has 0 aliphatic rings. The summed E-state index contributed by atoms with van der Waals surface area (Å²) in [5.74, 6) is -1.34. The fraction of sp³-hybridized carbons (Fsp3) is 0.190. The Hall–Kier alpha value is -3.50. The molecule has 1 N–H and O–H groups in total. The lowest BCUT2D eigenvalue weighted by molar-refractivity contribution is -0.384. The maximum absolute atomic E-state index is 12.9. The first-order valence-electron chi connectivity index (χ1n) is 9.40. The van der Waals surface area contributed by atoms with Crippen LogP contribution in [0.4, 0.5) is 11.4 Å². The first-order chi connectivity index (χ1) is 15.3. The summed E-state index contributed by atoms with van der Waals surface area (Å²) in [4.78, 5) is 47.3. The van der Waals surface area contributed by atoms with Gasteiger partial charge in [-0.2, -0.15) is 0 Å². The molecule has 0 bridgehead atoms. The third-order valence-electron chi connectivity index (χ3n) is 4.53. The van der Waals surface area contributed by atoms with Gasteiger partial charge < -0.3 is 14.6 Å². The highest BCUT2D eigenvalue weighted by molar-refractivity contribution is 7.07. The zero-order chi connectivity index (χ0) is 23.3. The minimum absolute atomic E-state index is 0.0296. The van der Waals surface area contributed by atoms with Gasteiger partial charge in [0.2, 0.25) is 6.10 Å². The average molecular weight is 476 g/mol. The number of ether oxygens (including phenoxy) is 1. The topological polar surface area (TPSA) is 121 Å². The lowest BCUT2D eigenvalue weighted by atomic mass is 10.1. The first-order valence-corrected chi connectivity index (χ1v) is 10.7. The Bertz CT molecular complexity index is 1210. The third-order valence-corrected chi connectivity index (χ3v) is 5.72. The second-order valence-corrected chi connectivity index (χ2v) is 7.96. The summed E-state index contributed by atoms with van der Waals surface area (Å²) in [5, 5.41) is 15.1. The molecular weight excluding hydrogens is 458 g/mol. The molecule has 0 aliphatic carbocycles. The van der Waals surface area contributed by atoms with Gasteiger partial charge in [0.25, 0.3) is 11.6 Å². The van der Waals surface area contributed by atoms with E-state index >= 15 is 0 Å². The maximum Gasteiger partial charge on any atom is 0.308 e. The number of hydrogen-bond donors (Lipinski definition) is 1. The van der Waals surface area contributed by atoms with Crippen molar-refractivity contribution >= 4 is 46.2 Å². The smallest absolute Gasteiger partial charge is 0.308 e. The Morgan fingerprint density at radius 1 is 1.25 bits per heavy atom. The van der Waals surface area contributed by atoms with E-state index in [9.17, 15) is 24.5 Å². The highest BCUT2D eigenvalue weighted by Gasteiger charge is 2.26. The number of nitro benzene ring substituents is 1. The molecule has 3 rings (SSSR count). The predicted molar refractivity (Wildman–Crippen MR) is 120 cm³/mol. The molecule has 166 valence electrons. The van der Waals surface area contributed by atoms with Gasteiger partial charge in [-0.3, -0.25) is 24.5 Å². The minimum atomic E-state index is -1.28. The van der Waals surface area contributed by atoms with Crippen LogP contribution in [0.2, 0.25) is 5.02 Å². The standard InChI is InChI=1S/C21H18ClN3O6S/c1-13-12-32-21(28)24(13)10-9-18(26)31-19(14-5-3-2-4-6-14)20(27)23-17-8-7-15(25(29)30)11-16(17)22/h2-8,11-12,19H,9-10H2,1H3,(H,23,27). The van der Waals surface area contributed by atoms with Gasteiger partial charge in [-0.25, -0.2) is 0 Å². The molecule has 3 aromatic rings. The van der Waals surface area contributed by atoms with Crippen LogP contribution in [0.3, 0.4) is 0 Å². The number of halogens is 1. The summed E-state index contributed by atoms with van der Waals surface area (Å²) in [6, 6.07) is 12.0. The zero-order valence-electron chi connectivity index (χ0n) is 16.8. The van der Waals surface area contributed by atoms with Crippen molar-refractivity contribution in [3.8, 4) is 0 Å². The van der Waals surface area contributed by atoms with Crippen molar-refractivity contribution in [3.63, 3.8) is 0 Å². The molecule has 0 fully saturated rings. The van der Waals surface area contributed by atoms with Crippen LogP contribution in [-0.4, -0.2) is 21.4 Å². The number of aryl methyl sites for hydroxylation is 1. The Kier molecular flexibility index (Phi) is 7.39. The molecule has 2 aromatic carbocycles. The fourth-order valence-corrected chi connectivity index (χ4v) is 3.87. The number of benzene rings is 2. The van der Waals surface area contributed by atoms with Crippen LogP contribution in [-0.2, 0) is 20.9 Å². The van der Waals surface area contributed by atoms with Crippen molar-refractivity contribution in [1.29, 1.82) is 0 Å². The predicted octanol–water partition coefficient (Wildman–Crippen LogP) is 4.09. The van der Waals surface area contributed by atoms with E-state index in [1.165, 1.54) is 16.7 Å². The minimum Gasteiger partial charge on any atom is -0.447 e. The van der Waals surface area contributed by atoms with E-state index in [2.05, 4.69) is 5.32 Å². The average Bonchev–Trinajstić information content (AvgIpc) is 3.09. The van der Waals surface area contributed by atoms with Crippen LogP contribution in [0.15, 0.2) is 58.7 Å². The number of aromatic nitrogens is 1. The normalized spacial score (nSPS) is 11.6. The van der Waals surface area contributed by atoms with Gasteiger partial charge in [0, 0.05) is 35.3 Å². The van der Waals surface area contributed by atoms with Crippen LogP contribution >= 0.6 is 22.9 Å². The molecule has 1 aromatic heterocycles. The summed E-state index contributed by atoms with van der Waals surface area (Å²) >= 11 is 7.09. The van der Waals surface area contributed by atoms with E-state index in [0.29, 0.717) is 5.56 Å². The molecule has 32 heavy (non-hydrogen) atoms. The van der Waals surface area contributed by atoms with Gasteiger partial charge in [-0.1, -0.05) is 53.3 Å². The summed E-state index contributed by atoms with van der Waals surface area (Å²) in [5.41, 5.74) is 1.08. The summed E-state index contributed by atoms with van der Waals surface area (Å²) in [7, 11) is 0. The van der Waals surface area contributed by atoms with E-state index < -0.39 is 22.9 Å². The summed E-state index contributed by atoms with van der Waals surface area (Å²) < 4.78 is 6.89. The Labute approximate surface area is 191 Å². The first kappa shape index (κ1) is 23.2. The van der Waals surface area contributed by atoms with E-state index in [1.54, 1.807) is 42.6 Å². The molecule has 0 saturated heterocycles. The van der Waals surface area contributed by atoms with Crippen molar-refractivity contribution in [2.75, 3.05) is 5.32 Å². The number of esters is 1. The van der Waals surface area contributed by atoms with Gasteiger partial charge in [-0.15, -0.1) is 0 Å². The van der Waals surface area contributed by atoms with Gasteiger partial charge >= 0.3 is 10.8 Å². The van der Waals surface area contributed by atoms with E-state index in [1.807, 2.05) is 0 Å². The molecule has 11 heteroatoms. The number of thiazole rings is 1. The number of nitrogens with one attached hydrogen (secondary N) is 1. The molecule has 9 nitrogen and oxygen atoms in total. The van der Waals surface area contributed by atoms with Gasteiger partial charge in [0.05, 0.1) is 22.1 Å². The number of carbonyl (C=O) groups is 2. The number of anilines is 1. The summed E-state index contributed by atoms with van der Waals surface area (Å²) in [6.07, 6.45) is -1.39. The molecule has 0 radical (unpaired) electrons. The Morgan fingerprint density at radius 3 is 2.56 bits per heavy atom. The highest BCUT2D eigenvalue weighted by atomic mass is 35.5. The molecule has 0 saturated carbocycles. The Morgan fingerprint density at radius 2 is 1.97 bits per heavy atom.